The normalized spacial score (nSPS) is 11.2. The van der Waals surface area contributed by atoms with Crippen LogP contribution in [-0.4, -0.2) is 37.4 Å². The van der Waals surface area contributed by atoms with Crippen molar-refractivity contribution in [2.45, 2.75) is 0 Å². The van der Waals surface area contributed by atoms with Gasteiger partial charge in [0.05, 0.1) is 26.9 Å². The monoisotopic (exact) mass is 400 g/mol. The summed E-state index contributed by atoms with van der Waals surface area (Å²) in [5.74, 6) is 1.28. The molecule has 7 nitrogen and oxygen atoms in total. The highest BCUT2D eigenvalue weighted by Crippen LogP contribution is 2.32. The second-order valence-electron chi connectivity index (χ2n) is 5.60. The molecule has 0 amide bonds. The summed E-state index contributed by atoms with van der Waals surface area (Å²) >= 11 is 6.31. The van der Waals surface area contributed by atoms with Crippen LogP contribution in [0.5, 0.6) is 11.5 Å². The van der Waals surface area contributed by atoms with Crippen LogP contribution >= 0.6 is 11.6 Å². The number of ether oxygens (including phenoxy) is 3. The van der Waals surface area contributed by atoms with Gasteiger partial charge in [0.25, 0.3) is 5.89 Å². The second-order valence-corrected chi connectivity index (χ2v) is 6.01. The minimum Gasteiger partial charge on any atom is -0.493 e. The molecule has 1 aromatic heterocycles. The van der Waals surface area contributed by atoms with E-state index in [4.69, 9.17) is 25.6 Å². The van der Waals surface area contributed by atoms with E-state index in [1.807, 2.05) is 0 Å². The molecule has 1 heterocycles. The predicted molar refractivity (Wildman–Crippen MR) is 104 cm³/mol. The van der Waals surface area contributed by atoms with Gasteiger partial charge < -0.3 is 18.7 Å². The topological polar surface area (TPSA) is 83.7 Å². The lowest BCUT2D eigenvalue weighted by Crippen LogP contribution is -2.00. The molecule has 0 saturated heterocycles. The van der Waals surface area contributed by atoms with Gasteiger partial charge in [0.1, 0.15) is 5.03 Å². The Morgan fingerprint density at radius 2 is 1.75 bits per heavy atom. The van der Waals surface area contributed by atoms with Gasteiger partial charge in [-0.3, -0.25) is 0 Å². The minimum atomic E-state index is -0.405. The third kappa shape index (κ3) is 4.15. The fourth-order valence-corrected chi connectivity index (χ4v) is 2.66. The number of esters is 1. The van der Waals surface area contributed by atoms with E-state index in [0.717, 1.165) is 5.56 Å². The molecule has 144 valence electrons. The maximum atomic E-state index is 11.5. The van der Waals surface area contributed by atoms with Crippen molar-refractivity contribution >= 4 is 28.7 Å². The highest BCUT2D eigenvalue weighted by molar-refractivity contribution is 6.50. The van der Waals surface area contributed by atoms with Gasteiger partial charge in [0.2, 0.25) is 5.82 Å². The molecule has 0 fully saturated rings. The zero-order valence-electron chi connectivity index (χ0n) is 15.4. The van der Waals surface area contributed by atoms with Gasteiger partial charge in [-0.15, -0.1) is 0 Å². The lowest BCUT2D eigenvalue weighted by atomic mass is 10.1. The van der Waals surface area contributed by atoms with Crippen LogP contribution in [0, 0.1) is 0 Å². The quantitative estimate of drug-likeness (QED) is 0.571. The summed E-state index contributed by atoms with van der Waals surface area (Å²) in [6.07, 6.45) is 1.66. The van der Waals surface area contributed by atoms with Crippen molar-refractivity contribution in [2.24, 2.45) is 0 Å². The molecule has 0 aliphatic rings. The van der Waals surface area contributed by atoms with Crippen LogP contribution in [0.1, 0.15) is 21.8 Å². The zero-order valence-corrected chi connectivity index (χ0v) is 16.2. The highest BCUT2D eigenvalue weighted by Gasteiger charge is 2.14. The molecule has 0 spiro atoms. The van der Waals surface area contributed by atoms with E-state index in [1.54, 1.807) is 62.8 Å². The predicted octanol–water partition coefficient (Wildman–Crippen LogP) is 4.28. The van der Waals surface area contributed by atoms with E-state index in [2.05, 4.69) is 14.9 Å². The lowest BCUT2D eigenvalue weighted by molar-refractivity contribution is 0.0600. The summed E-state index contributed by atoms with van der Waals surface area (Å²) in [5, 5.41) is 4.23. The smallest absolute Gasteiger partial charge is 0.337 e. The Hall–Kier alpha value is -3.32. The Kier molecular flexibility index (Phi) is 5.96. The molecule has 0 aliphatic carbocycles. The van der Waals surface area contributed by atoms with E-state index in [9.17, 15) is 4.79 Å². The third-order valence-corrected chi connectivity index (χ3v) is 4.17. The van der Waals surface area contributed by atoms with E-state index < -0.39 is 5.97 Å². The first kappa shape index (κ1) is 19.4. The number of rotatable bonds is 6. The first-order valence-electron chi connectivity index (χ1n) is 8.17. The fraction of sp³-hybridized carbons (Fsp3) is 0.150. The average Bonchev–Trinajstić information content (AvgIpc) is 3.23. The number of carbonyl (C=O) groups is 1. The van der Waals surface area contributed by atoms with E-state index in [0.29, 0.717) is 28.5 Å². The summed E-state index contributed by atoms with van der Waals surface area (Å²) < 4.78 is 20.4. The number of methoxy groups -OCH3 is 3. The summed E-state index contributed by atoms with van der Waals surface area (Å²) in [6.45, 7) is 0. The van der Waals surface area contributed by atoms with Crippen molar-refractivity contribution in [3.8, 4) is 22.9 Å². The van der Waals surface area contributed by atoms with Crippen LogP contribution in [0.3, 0.4) is 0 Å². The SMILES string of the molecule is COC(=O)c1ccc(/C=C(\Cl)c2nc(-c3ccc(OC)c(OC)c3)no2)cc1. The van der Waals surface area contributed by atoms with Gasteiger partial charge in [-0.25, -0.2) is 4.79 Å². The average molecular weight is 401 g/mol. The molecular formula is C20H17ClN2O5. The standard InChI is InChI=1S/C20H17ClN2O5/c1-25-16-9-8-14(11-17(16)26-2)18-22-19(28-23-18)15(21)10-12-4-6-13(7-5-12)20(24)27-3/h4-11H,1-3H3/b15-10-. The molecule has 8 heteroatoms. The zero-order chi connectivity index (χ0) is 20.1. The third-order valence-electron chi connectivity index (χ3n) is 3.90. The van der Waals surface area contributed by atoms with E-state index >= 15 is 0 Å². The number of halogens is 1. The molecule has 2 aromatic carbocycles. The summed E-state index contributed by atoms with van der Waals surface area (Å²) in [6, 6.07) is 12.1. The summed E-state index contributed by atoms with van der Waals surface area (Å²) in [4.78, 5) is 15.8. The minimum absolute atomic E-state index is 0.170. The van der Waals surface area contributed by atoms with Crippen molar-refractivity contribution in [3.05, 3.63) is 59.5 Å². The Morgan fingerprint density at radius 3 is 2.39 bits per heavy atom. The number of nitrogens with zero attached hydrogens (tertiary/aromatic N) is 2. The van der Waals surface area contributed by atoms with Crippen molar-refractivity contribution in [2.75, 3.05) is 21.3 Å². The van der Waals surface area contributed by atoms with E-state index in [-0.39, 0.29) is 10.9 Å². The highest BCUT2D eigenvalue weighted by atomic mass is 35.5. The van der Waals surface area contributed by atoms with Crippen LogP contribution in [-0.2, 0) is 4.74 Å². The van der Waals surface area contributed by atoms with Crippen molar-refractivity contribution in [3.63, 3.8) is 0 Å². The van der Waals surface area contributed by atoms with Gasteiger partial charge in [-0.05, 0) is 42.0 Å². The lowest BCUT2D eigenvalue weighted by Gasteiger charge is -2.07. The fourth-order valence-electron chi connectivity index (χ4n) is 2.45. The van der Waals surface area contributed by atoms with Crippen molar-refractivity contribution in [1.29, 1.82) is 0 Å². The van der Waals surface area contributed by atoms with Crippen LogP contribution in [0.4, 0.5) is 0 Å². The molecule has 3 aromatic rings. The number of carbonyl (C=O) groups excluding carboxylic acids is 1. The van der Waals surface area contributed by atoms with Crippen LogP contribution in [0.15, 0.2) is 47.0 Å². The van der Waals surface area contributed by atoms with Crippen molar-refractivity contribution < 1.29 is 23.5 Å². The number of hydrogen-bond donors (Lipinski definition) is 0. The van der Waals surface area contributed by atoms with Crippen LogP contribution in [0.2, 0.25) is 0 Å². The maximum Gasteiger partial charge on any atom is 0.337 e. The van der Waals surface area contributed by atoms with Gasteiger partial charge in [0.15, 0.2) is 11.5 Å². The van der Waals surface area contributed by atoms with Crippen LogP contribution < -0.4 is 9.47 Å². The number of benzene rings is 2. The number of hydrogen-bond acceptors (Lipinski definition) is 7. The first-order valence-corrected chi connectivity index (χ1v) is 8.55. The molecular weight excluding hydrogens is 384 g/mol. The van der Waals surface area contributed by atoms with Crippen molar-refractivity contribution in [1.82, 2.24) is 10.1 Å². The molecule has 0 N–H and O–H groups in total. The number of aromatic nitrogens is 2. The Morgan fingerprint density at radius 1 is 1.04 bits per heavy atom. The molecule has 0 atom stereocenters. The second kappa shape index (κ2) is 8.58. The molecule has 0 saturated carbocycles. The van der Waals surface area contributed by atoms with Gasteiger partial charge in [0, 0.05) is 5.56 Å². The summed E-state index contributed by atoms with van der Waals surface area (Å²) in [5.41, 5.74) is 1.91. The van der Waals surface area contributed by atoms with Crippen LogP contribution in [0.25, 0.3) is 22.5 Å². The van der Waals surface area contributed by atoms with E-state index in [1.165, 1.54) is 7.11 Å². The van der Waals surface area contributed by atoms with Gasteiger partial charge in [-0.2, -0.15) is 4.98 Å². The molecule has 3 rings (SSSR count). The Labute approximate surface area is 166 Å². The van der Waals surface area contributed by atoms with Gasteiger partial charge >= 0.3 is 5.97 Å². The molecule has 0 aliphatic heterocycles. The largest absolute Gasteiger partial charge is 0.493 e. The molecule has 0 radical (unpaired) electrons. The van der Waals surface area contributed by atoms with Gasteiger partial charge in [-0.1, -0.05) is 28.9 Å². The summed E-state index contributed by atoms with van der Waals surface area (Å²) in [7, 11) is 4.44. The molecule has 0 bridgehead atoms. The maximum absolute atomic E-state index is 11.5. The molecule has 0 unspecified atom stereocenters. The first-order chi connectivity index (χ1) is 13.5. The molecule has 28 heavy (non-hydrogen) atoms. The Bertz CT molecular complexity index is 1010. The Balaban J connectivity index is 1.83.